The number of fused-ring (bicyclic) bond motifs is 2. The lowest BCUT2D eigenvalue weighted by Gasteiger charge is -2.07. The van der Waals surface area contributed by atoms with Gasteiger partial charge in [0.25, 0.3) is 0 Å². The van der Waals surface area contributed by atoms with Crippen LogP contribution in [-0.4, -0.2) is 24.4 Å². The van der Waals surface area contributed by atoms with E-state index in [2.05, 4.69) is 22.4 Å². The van der Waals surface area contributed by atoms with Gasteiger partial charge in [-0.25, -0.2) is 9.67 Å². The number of halogens is 1. The van der Waals surface area contributed by atoms with E-state index in [1.54, 1.807) is 0 Å². The first kappa shape index (κ1) is 15.1. The van der Waals surface area contributed by atoms with Gasteiger partial charge in [0.1, 0.15) is 11.2 Å². The quantitative estimate of drug-likeness (QED) is 0.478. The number of nitrogens with zero attached hydrogens (tertiary/aromatic N) is 5. The Morgan fingerprint density at radius 2 is 1.69 bits per heavy atom. The third kappa shape index (κ3) is 2.45. The van der Waals surface area contributed by atoms with E-state index < -0.39 is 0 Å². The van der Waals surface area contributed by atoms with Crippen LogP contribution in [0.4, 0.5) is 0 Å². The molecule has 3 heterocycles. The smallest absolute Gasteiger partial charge is 0.137 e. The molecule has 0 saturated carbocycles. The predicted octanol–water partition coefficient (Wildman–Crippen LogP) is 4.45. The Balaban J connectivity index is 1.73. The first-order chi connectivity index (χ1) is 12.8. The van der Waals surface area contributed by atoms with Crippen LogP contribution in [0.15, 0.2) is 72.9 Å². The molecule has 26 heavy (non-hydrogen) atoms. The molecule has 0 atom stereocenters. The largest absolute Gasteiger partial charge is 0.300 e. The van der Waals surface area contributed by atoms with Gasteiger partial charge < -0.3 is 0 Å². The fourth-order valence-electron chi connectivity index (χ4n) is 3.22. The van der Waals surface area contributed by atoms with Gasteiger partial charge in [0, 0.05) is 11.8 Å². The van der Waals surface area contributed by atoms with Crippen LogP contribution in [0.2, 0.25) is 5.02 Å². The molecular weight excluding hydrogens is 346 g/mol. The van der Waals surface area contributed by atoms with E-state index in [4.69, 9.17) is 16.6 Å². The molecular formula is C20H14ClN5. The molecule has 0 saturated heterocycles. The standard InChI is InChI=1S/C20H14ClN5/c21-15-10-11-19-22-20(14-6-2-1-3-7-14)18(25(19)12-15)13-26-17-9-5-4-8-16(17)23-24-26/h1-12H,13H2. The zero-order valence-electron chi connectivity index (χ0n) is 13.7. The summed E-state index contributed by atoms with van der Waals surface area (Å²) in [5.74, 6) is 0. The summed E-state index contributed by atoms with van der Waals surface area (Å²) in [6.45, 7) is 0.548. The summed E-state index contributed by atoms with van der Waals surface area (Å²) in [7, 11) is 0. The van der Waals surface area contributed by atoms with Crippen LogP contribution >= 0.6 is 11.6 Å². The maximum absolute atomic E-state index is 6.24. The lowest BCUT2D eigenvalue weighted by atomic mass is 10.1. The fraction of sp³-hybridized carbons (Fsp3) is 0.0500. The Morgan fingerprint density at radius 3 is 2.58 bits per heavy atom. The van der Waals surface area contributed by atoms with Gasteiger partial charge in [0.05, 0.1) is 28.5 Å². The van der Waals surface area contributed by atoms with E-state index in [1.165, 1.54) is 0 Å². The summed E-state index contributed by atoms with van der Waals surface area (Å²) in [6, 6.07) is 21.9. The Bertz CT molecular complexity index is 1220. The van der Waals surface area contributed by atoms with Gasteiger partial charge in [-0.3, -0.25) is 4.40 Å². The summed E-state index contributed by atoms with van der Waals surface area (Å²) in [4.78, 5) is 4.83. The Kier molecular flexibility index (Phi) is 3.47. The summed E-state index contributed by atoms with van der Waals surface area (Å²) in [5.41, 5.74) is 5.72. The maximum Gasteiger partial charge on any atom is 0.137 e. The molecule has 126 valence electrons. The van der Waals surface area contributed by atoms with Gasteiger partial charge in [-0.15, -0.1) is 5.10 Å². The molecule has 6 heteroatoms. The van der Waals surface area contributed by atoms with E-state index in [1.807, 2.05) is 69.9 Å². The van der Waals surface area contributed by atoms with E-state index in [0.717, 1.165) is 33.6 Å². The van der Waals surface area contributed by atoms with Crippen molar-refractivity contribution in [3.63, 3.8) is 0 Å². The minimum absolute atomic E-state index is 0.548. The van der Waals surface area contributed by atoms with Crippen molar-refractivity contribution in [3.05, 3.63) is 83.6 Å². The van der Waals surface area contributed by atoms with E-state index in [-0.39, 0.29) is 0 Å². The van der Waals surface area contributed by atoms with Crippen LogP contribution in [0.1, 0.15) is 5.69 Å². The number of pyridine rings is 1. The van der Waals surface area contributed by atoms with Crippen LogP contribution in [0.3, 0.4) is 0 Å². The number of para-hydroxylation sites is 1. The highest BCUT2D eigenvalue weighted by atomic mass is 35.5. The van der Waals surface area contributed by atoms with Crippen LogP contribution < -0.4 is 0 Å². The average Bonchev–Trinajstić information content (AvgIpc) is 3.25. The van der Waals surface area contributed by atoms with Crippen molar-refractivity contribution in [1.82, 2.24) is 24.4 Å². The van der Waals surface area contributed by atoms with E-state index >= 15 is 0 Å². The molecule has 2 aromatic carbocycles. The van der Waals surface area contributed by atoms with Crippen molar-refractivity contribution in [2.24, 2.45) is 0 Å². The van der Waals surface area contributed by atoms with Crippen LogP contribution in [0.25, 0.3) is 27.9 Å². The normalized spacial score (nSPS) is 11.4. The first-order valence-corrected chi connectivity index (χ1v) is 8.67. The number of imidazole rings is 1. The lowest BCUT2D eigenvalue weighted by molar-refractivity contribution is 0.655. The molecule has 0 aliphatic heterocycles. The monoisotopic (exact) mass is 359 g/mol. The van der Waals surface area contributed by atoms with Gasteiger partial charge >= 0.3 is 0 Å². The minimum atomic E-state index is 0.548. The van der Waals surface area contributed by atoms with Crippen molar-refractivity contribution >= 4 is 28.3 Å². The van der Waals surface area contributed by atoms with E-state index in [0.29, 0.717) is 11.6 Å². The Hall–Kier alpha value is -3.18. The molecule has 0 bridgehead atoms. The second-order valence-corrected chi connectivity index (χ2v) is 6.52. The zero-order valence-corrected chi connectivity index (χ0v) is 14.5. The molecule has 3 aromatic heterocycles. The summed E-state index contributed by atoms with van der Waals surface area (Å²) < 4.78 is 3.92. The molecule has 5 nitrogen and oxygen atoms in total. The topological polar surface area (TPSA) is 48.0 Å². The number of hydrogen-bond donors (Lipinski definition) is 0. The van der Waals surface area contributed by atoms with Gasteiger partial charge in [-0.05, 0) is 24.3 Å². The van der Waals surface area contributed by atoms with Gasteiger partial charge in [-0.1, -0.05) is 59.3 Å². The second-order valence-electron chi connectivity index (χ2n) is 6.08. The first-order valence-electron chi connectivity index (χ1n) is 8.30. The molecule has 0 aliphatic carbocycles. The maximum atomic E-state index is 6.24. The fourth-order valence-corrected chi connectivity index (χ4v) is 3.38. The molecule has 5 aromatic rings. The van der Waals surface area contributed by atoms with Crippen molar-refractivity contribution in [3.8, 4) is 11.3 Å². The molecule has 0 amide bonds. The van der Waals surface area contributed by atoms with Crippen molar-refractivity contribution in [2.45, 2.75) is 6.54 Å². The Labute approximate surface area is 154 Å². The zero-order chi connectivity index (χ0) is 17.5. The highest BCUT2D eigenvalue weighted by Gasteiger charge is 2.16. The van der Waals surface area contributed by atoms with Gasteiger partial charge in [0.15, 0.2) is 0 Å². The third-order valence-corrected chi connectivity index (χ3v) is 4.67. The lowest BCUT2D eigenvalue weighted by Crippen LogP contribution is -2.06. The van der Waals surface area contributed by atoms with E-state index in [9.17, 15) is 0 Å². The molecule has 0 radical (unpaired) electrons. The third-order valence-electron chi connectivity index (χ3n) is 4.45. The number of aromatic nitrogens is 5. The van der Waals surface area contributed by atoms with Crippen molar-refractivity contribution in [1.29, 1.82) is 0 Å². The second kappa shape index (κ2) is 5.97. The predicted molar refractivity (Wildman–Crippen MR) is 102 cm³/mol. The van der Waals surface area contributed by atoms with Gasteiger partial charge in [-0.2, -0.15) is 0 Å². The SMILES string of the molecule is Clc1ccc2nc(-c3ccccc3)c(Cn3nnc4ccccc43)n2c1. The van der Waals surface area contributed by atoms with Crippen molar-refractivity contribution in [2.75, 3.05) is 0 Å². The molecule has 0 fully saturated rings. The van der Waals surface area contributed by atoms with Crippen LogP contribution in [0, 0.1) is 0 Å². The molecule has 0 N–H and O–H groups in total. The number of rotatable bonds is 3. The van der Waals surface area contributed by atoms with Gasteiger partial charge in [0.2, 0.25) is 0 Å². The molecule has 0 spiro atoms. The van der Waals surface area contributed by atoms with Crippen LogP contribution in [-0.2, 0) is 6.54 Å². The van der Waals surface area contributed by atoms with Crippen molar-refractivity contribution < 1.29 is 0 Å². The highest BCUT2D eigenvalue weighted by molar-refractivity contribution is 6.30. The molecule has 0 aliphatic rings. The summed E-state index contributed by atoms with van der Waals surface area (Å²) in [5, 5.41) is 9.25. The summed E-state index contributed by atoms with van der Waals surface area (Å²) in [6.07, 6.45) is 1.89. The Morgan fingerprint density at radius 1 is 0.885 bits per heavy atom. The number of hydrogen-bond acceptors (Lipinski definition) is 3. The highest BCUT2D eigenvalue weighted by Crippen LogP contribution is 2.27. The average molecular weight is 360 g/mol. The van der Waals surface area contributed by atoms with Crippen LogP contribution in [0.5, 0.6) is 0 Å². The summed E-state index contributed by atoms with van der Waals surface area (Å²) >= 11 is 6.24. The molecule has 0 unspecified atom stereocenters. The molecule has 5 rings (SSSR count). The number of benzene rings is 2. The minimum Gasteiger partial charge on any atom is -0.300 e.